The van der Waals surface area contributed by atoms with Gasteiger partial charge in [0.05, 0.1) is 12.0 Å². The molecule has 1 rings (SSSR count). The average molecular weight is 252 g/mol. The lowest BCUT2D eigenvalue weighted by Gasteiger charge is -2.29. The van der Waals surface area contributed by atoms with Crippen LogP contribution in [0.4, 0.5) is 4.39 Å². The largest absolute Gasteiger partial charge is 0.339 e. The summed E-state index contributed by atoms with van der Waals surface area (Å²) >= 11 is 0. The summed E-state index contributed by atoms with van der Waals surface area (Å²) in [7, 11) is 1.68. The highest BCUT2D eigenvalue weighted by atomic mass is 19.1. The van der Waals surface area contributed by atoms with Crippen LogP contribution in [0.1, 0.15) is 32.4 Å². The van der Waals surface area contributed by atoms with Crippen molar-refractivity contribution in [2.45, 2.75) is 32.9 Å². The number of rotatable bonds is 4. The third-order valence-corrected chi connectivity index (χ3v) is 3.46. The first kappa shape index (κ1) is 14.6. The van der Waals surface area contributed by atoms with Gasteiger partial charge < -0.3 is 10.6 Å². The second-order valence-corrected chi connectivity index (χ2v) is 4.79. The van der Waals surface area contributed by atoms with Gasteiger partial charge in [0.1, 0.15) is 5.82 Å². The van der Waals surface area contributed by atoms with Crippen molar-refractivity contribution in [1.82, 2.24) is 4.90 Å². The van der Waals surface area contributed by atoms with Crippen LogP contribution in [0.15, 0.2) is 24.3 Å². The maximum Gasteiger partial charge on any atom is 0.227 e. The van der Waals surface area contributed by atoms with Gasteiger partial charge in [0.25, 0.3) is 0 Å². The summed E-state index contributed by atoms with van der Waals surface area (Å²) in [4.78, 5) is 13.7. The number of benzene rings is 1. The fraction of sp³-hybridized carbons (Fsp3) is 0.500. The normalized spacial score (nSPS) is 15.9. The average Bonchev–Trinajstić information content (AvgIpc) is 2.35. The first-order valence-corrected chi connectivity index (χ1v) is 6.13. The smallest absolute Gasteiger partial charge is 0.227 e. The van der Waals surface area contributed by atoms with Gasteiger partial charge in [-0.15, -0.1) is 0 Å². The van der Waals surface area contributed by atoms with Gasteiger partial charge >= 0.3 is 0 Å². The fourth-order valence-electron chi connectivity index (χ4n) is 1.76. The highest BCUT2D eigenvalue weighted by Gasteiger charge is 2.25. The van der Waals surface area contributed by atoms with Gasteiger partial charge in [-0.2, -0.15) is 0 Å². The minimum atomic E-state index is -0.306. The van der Waals surface area contributed by atoms with E-state index in [0.717, 1.165) is 0 Å². The third kappa shape index (κ3) is 3.07. The van der Waals surface area contributed by atoms with Crippen molar-refractivity contribution < 1.29 is 9.18 Å². The Morgan fingerprint density at radius 2 is 1.83 bits per heavy atom. The molecule has 4 heteroatoms. The van der Waals surface area contributed by atoms with E-state index >= 15 is 0 Å². The number of nitrogens with zero attached hydrogens (tertiary/aromatic N) is 1. The number of hydrogen-bond donors (Lipinski definition) is 1. The number of hydrogen-bond acceptors (Lipinski definition) is 2. The molecule has 1 amide bonds. The minimum Gasteiger partial charge on any atom is -0.339 e. The molecule has 0 spiro atoms. The van der Waals surface area contributed by atoms with Gasteiger partial charge in [-0.3, -0.25) is 4.79 Å². The molecule has 0 bridgehead atoms. The van der Waals surface area contributed by atoms with Crippen molar-refractivity contribution in [2.75, 3.05) is 7.05 Å². The molecule has 100 valence electrons. The zero-order valence-electron chi connectivity index (χ0n) is 11.4. The quantitative estimate of drug-likeness (QED) is 0.894. The summed E-state index contributed by atoms with van der Waals surface area (Å²) in [6.45, 7) is 5.39. The van der Waals surface area contributed by atoms with Crippen LogP contribution in [0.2, 0.25) is 0 Å². The van der Waals surface area contributed by atoms with Crippen molar-refractivity contribution in [3.05, 3.63) is 35.6 Å². The number of nitrogens with two attached hydrogens (primary N) is 1. The summed E-state index contributed by atoms with van der Waals surface area (Å²) in [5.74, 6) is -0.636. The minimum absolute atomic E-state index is 0.0687. The van der Waals surface area contributed by atoms with Crippen LogP contribution in [-0.2, 0) is 4.79 Å². The Bertz CT molecular complexity index is 420. The molecule has 0 heterocycles. The van der Waals surface area contributed by atoms with Crippen LogP contribution in [0.5, 0.6) is 0 Å². The molecule has 2 N–H and O–H groups in total. The van der Waals surface area contributed by atoms with E-state index < -0.39 is 0 Å². The molecule has 0 fully saturated rings. The van der Waals surface area contributed by atoms with E-state index in [-0.39, 0.29) is 29.7 Å². The fourth-order valence-corrected chi connectivity index (χ4v) is 1.76. The van der Waals surface area contributed by atoms with Gasteiger partial charge in [0.2, 0.25) is 5.91 Å². The standard InChI is InChI=1S/C14H21FN2O/c1-9(10(2)16)14(18)17(4)11(3)12-7-5-6-8-13(12)15/h5-11H,16H2,1-4H3. The lowest BCUT2D eigenvalue weighted by atomic mass is 10.0. The Balaban J connectivity index is 2.88. The number of amides is 1. The summed E-state index contributed by atoms with van der Waals surface area (Å²) in [5, 5.41) is 0. The predicted molar refractivity (Wildman–Crippen MR) is 70.4 cm³/mol. The summed E-state index contributed by atoms with van der Waals surface area (Å²) < 4.78 is 13.7. The lowest BCUT2D eigenvalue weighted by Crippen LogP contribution is -2.41. The first-order valence-electron chi connectivity index (χ1n) is 6.13. The molecule has 0 saturated carbocycles. The van der Waals surface area contributed by atoms with Crippen LogP contribution < -0.4 is 5.73 Å². The zero-order valence-corrected chi connectivity index (χ0v) is 11.4. The van der Waals surface area contributed by atoms with Crippen LogP contribution in [-0.4, -0.2) is 23.9 Å². The Labute approximate surface area is 108 Å². The van der Waals surface area contributed by atoms with Crippen LogP contribution in [0.25, 0.3) is 0 Å². The molecule has 1 aromatic carbocycles. The maximum absolute atomic E-state index is 13.7. The Kier molecular flexibility index (Phi) is 4.84. The molecule has 3 atom stereocenters. The third-order valence-electron chi connectivity index (χ3n) is 3.46. The molecule has 3 unspecified atom stereocenters. The lowest BCUT2D eigenvalue weighted by molar-refractivity contribution is -0.136. The second-order valence-electron chi connectivity index (χ2n) is 4.79. The molecule has 3 nitrogen and oxygen atoms in total. The molecule has 18 heavy (non-hydrogen) atoms. The maximum atomic E-state index is 13.7. The molecule has 0 aliphatic rings. The van der Waals surface area contributed by atoms with Crippen LogP contribution in [0, 0.1) is 11.7 Å². The topological polar surface area (TPSA) is 46.3 Å². The van der Waals surface area contributed by atoms with E-state index in [1.807, 2.05) is 6.92 Å². The van der Waals surface area contributed by atoms with Gasteiger partial charge in [-0.1, -0.05) is 25.1 Å². The molecule has 0 saturated heterocycles. The van der Waals surface area contributed by atoms with E-state index in [1.165, 1.54) is 6.07 Å². The number of carbonyl (C=O) groups is 1. The number of carbonyl (C=O) groups excluding carboxylic acids is 1. The number of halogens is 1. The van der Waals surface area contributed by atoms with Crippen LogP contribution >= 0.6 is 0 Å². The molecule has 1 aromatic rings. The van der Waals surface area contributed by atoms with E-state index in [2.05, 4.69) is 0 Å². The van der Waals surface area contributed by atoms with Gasteiger partial charge in [0.15, 0.2) is 0 Å². The second kappa shape index (κ2) is 5.96. The van der Waals surface area contributed by atoms with Crippen molar-refractivity contribution in [3.63, 3.8) is 0 Å². The van der Waals surface area contributed by atoms with Crippen molar-refractivity contribution in [2.24, 2.45) is 11.7 Å². The highest BCUT2D eigenvalue weighted by Crippen LogP contribution is 2.23. The Hall–Kier alpha value is -1.42. The van der Waals surface area contributed by atoms with E-state index in [9.17, 15) is 9.18 Å². The SMILES string of the molecule is CC(N)C(C)C(=O)N(C)C(C)c1ccccc1F. The molecule has 0 aliphatic heterocycles. The zero-order chi connectivity index (χ0) is 13.9. The van der Waals surface area contributed by atoms with Gasteiger partial charge in [0, 0.05) is 18.7 Å². The predicted octanol–water partition coefficient (Wildman–Crippen LogP) is 2.33. The molecular weight excluding hydrogens is 231 g/mol. The molecule has 0 radical (unpaired) electrons. The molecular formula is C14H21FN2O. The van der Waals surface area contributed by atoms with Crippen molar-refractivity contribution in [3.8, 4) is 0 Å². The van der Waals surface area contributed by atoms with Gasteiger partial charge in [-0.05, 0) is 19.9 Å². The monoisotopic (exact) mass is 252 g/mol. The van der Waals surface area contributed by atoms with E-state index in [0.29, 0.717) is 5.56 Å². The van der Waals surface area contributed by atoms with Crippen molar-refractivity contribution in [1.29, 1.82) is 0 Å². The van der Waals surface area contributed by atoms with Gasteiger partial charge in [-0.25, -0.2) is 4.39 Å². The first-order chi connectivity index (χ1) is 8.36. The summed E-state index contributed by atoms with van der Waals surface area (Å²) in [6.07, 6.45) is 0. The Morgan fingerprint density at radius 3 is 2.33 bits per heavy atom. The summed E-state index contributed by atoms with van der Waals surface area (Å²) in [5.41, 5.74) is 6.24. The van der Waals surface area contributed by atoms with E-state index in [1.54, 1.807) is 44.0 Å². The molecule has 0 aliphatic carbocycles. The van der Waals surface area contributed by atoms with E-state index in [4.69, 9.17) is 5.73 Å². The Morgan fingerprint density at radius 1 is 1.28 bits per heavy atom. The molecule has 0 aromatic heterocycles. The highest BCUT2D eigenvalue weighted by molar-refractivity contribution is 5.79. The summed E-state index contributed by atoms with van der Waals surface area (Å²) in [6, 6.07) is 5.98. The van der Waals surface area contributed by atoms with Crippen LogP contribution in [0.3, 0.4) is 0 Å². The van der Waals surface area contributed by atoms with Crippen molar-refractivity contribution >= 4 is 5.91 Å².